The minimum atomic E-state index is -3.43. The second kappa shape index (κ2) is 8.47. The molecule has 2 rings (SSSR count). The molecule has 132 valence electrons. The molecule has 6 heteroatoms. The van der Waals surface area contributed by atoms with Crippen LogP contribution in [0.4, 0.5) is 0 Å². The monoisotopic (exact) mass is 360 g/mol. The van der Waals surface area contributed by atoms with Gasteiger partial charge in [-0.15, -0.1) is 12.4 Å². The maximum absolute atomic E-state index is 12.6. The first-order chi connectivity index (χ1) is 10.4. The Morgan fingerprint density at radius 3 is 2.30 bits per heavy atom. The van der Waals surface area contributed by atoms with Gasteiger partial charge in [-0.1, -0.05) is 26.8 Å². The second-order valence-electron chi connectivity index (χ2n) is 6.52. The molecule has 1 aromatic rings. The third kappa shape index (κ3) is 5.18. The molecule has 0 saturated carbocycles. The molecule has 0 unspecified atom stereocenters. The van der Waals surface area contributed by atoms with Gasteiger partial charge in [0.05, 0.1) is 4.90 Å². The Kier molecular flexibility index (Phi) is 7.52. The van der Waals surface area contributed by atoms with Crippen LogP contribution in [0.25, 0.3) is 0 Å². The number of hydrogen-bond donors (Lipinski definition) is 2. The van der Waals surface area contributed by atoms with E-state index in [1.54, 1.807) is 6.07 Å². The number of rotatable bonds is 6. The van der Waals surface area contributed by atoms with Crippen molar-refractivity contribution < 1.29 is 8.42 Å². The summed E-state index contributed by atoms with van der Waals surface area (Å²) >= 11 is 0. The van der Waals surface area contributed by atoms with Crippen LogP contribution < -0.4 is 10.0 Å². The van der Waals surface area contributed by atoms with E-state index in [1.807, 2.05) is 12.1 Å². The summed E-state index contributed by atoms with van der Waals surface area (Å²) in [4.78, 5) is 0.388. The summed E-state index contributed by atoms with van der Waals surface area (Å²) in [5.74, 6) is 0. The topological polar surface area (TPSA) is 58.2 Å². The Morgan fingerprint density at radius 1 is 1.13 bits per heavy atom. The Balaban J connectivity index is 0.00000264. The molecular weight excluding hydrogens is 332 g/mol. The van der Waals surface area contributed by atoms with Gasteiger partial charge < -0.3 is 5.32 Å². The first kappa shape index (κ1) is 20.4. The SMILES string of the molecule is CCc1ccc(S(=O)(=O)NCC2(C)CCNCC2)cc1CC.Cl. The molecular formula is C17H29ClN2O2S. The molecule has 0 atom stereocenters. The van der Waals surface area contributed by atoms with E-state index in [0.717, 1.165) is 44.3 Å². The van der Waals surface area contributed by atoms with E-state index < -0.39 is 10.0 Å². The fourth-order valence-electron chi connectivity index (χ4n) is 3.00. The van der Waals surface area contributed by atoms with E-state index in [9.17, 15) is 8.42 Å². The normalized spacial score (nSPS) is 17.5. The predicted molar refractivity (Wildman–Crippen MR) is 97.8 cm³/mol. The molecule has 0 aliphatic carbocycles. The molecule has 1 aromatic carbocycles. The summed E-state index contributed by atoms with van der Waals surface area (Å²) in [6.07, 6.45) is 3.80. The lowest BCUT2D eigenvalue weighted by atomic mass is 9.81. The number of aryl methyl sites for hydroxylation is 2. The van der Waals surface area contributed by atoms with Gasteiger partial charge >= 0.3 is 0 Å². The van der Waals surface area contributed by atoms with E-state index in [-0.39, 0.29) is 17.8 Å². The van der Waals surface area contributed by atoms with Gasteiger partial charge in [0, 0.05) is 6.54 Å². The molecule has 0 bridgehead atoms. The molecule has 1 aliphatic heterocycles. The summed E-state index contributed by atoms with van der Waals surface area (Å²) < 4.78 is 27.9. The summed E-state index contributed by atoms with van der Waals surface area (Å²) in [7, 11) is -3.43. The minimum Gasteiger partial charge on any atom is -0.317 e. The summed E-state index contributed by atoms with van der Waals surface area (Å²) in [5, 5.41) is 3.32. The fourth-order valence-corrected chi connectivity index (χ4v) is 4.25. The number of hydrogen-bond acceptors (Lipinski definition) is 3. The van der Waals surface area contributed by atoms with Crippen LogP contribution in [0.2, 0.25) is 0 Å². The van der Waals surface area contributed by atoms with Gasteiger partial charge in [0.15, 0.2) is 0 Å². The predicted octanol–water partition coefficient (Wildman–Crippen LogP) is 2.90. The maximum Gasteiger partial charge on any atom is 0.240 e. The zero-order chi connectivity index (χ0) is 16.2. The average Bonchev–Trinajstić information content (AvgIpc) is 2.53. The largest absolute Gasteiger partial charge is 0.317 e. The Hall–Kier alpha value is -0.620. The number of sulfonamides is 1. The lowest BCUT2D eigenvalue weighted by Gasteiger charge is -2.34. The molecule has 1 saturated heterocycles. The van der Waals surface area contributed by atoms with Crippen molar-refractivity contribution in [3.05, 3.63) is 29.3 Å². The van der Waals surface area contributed by atoms with Crippen molar-refractivity contribution in [2.75, 3.05) is 19.6 Å². The number of halogens is 1. The van der Waals surface area contributed by atoms with Crippen molar-refractivity contribution in [2.24, 2.45) is 5.41 Å². The van der Waals surface area contributed by atoms with Crippen molar-refractivity contribution in [2.45, 2.75) is 51.3 Å². The zero-order valence-electron chi connectivity index (χ0n) is 14.3. The van der Waals surface area contributed by atoms with E-state index in [4.69, 9.17) is 0 Å². The quantitative estimate of drug-likeness (QED) is 0.820. The van der Waals surface area contributed by atoms with Gasteiger partial charge in [-0.3, -0.25) is 0 Å². The molecule has 1 heterocycles. The Morgan fingerprint density at radius 2 is 1.74 bits per heavy atom. The van der Waals surface area contributed by atoms with Crippen molar-refractivity contribution in [1.82, 2.24) is 10.0 Å². The van der Waals surface area contributed by atoms with Gasteiger partial charge in [0.25, 0.3) is 0 Å². The van der Waals surface area contributed by atoms with E-state index >= 15 is 0 Å². The van der Waals surface area contributed by atoms with Gasteiger partial charge in [0.1, 0.15) is 0 Å². The van der Waals surface area contributed by atoms with Crippen LogP contribution >= 0.6 is 12.4 Å². The lowest BCUT2D eigenvalue weighted by molar-refractivity contribution is 0.232. The van der Waals surface area contributed by atoms with Crippen molar-refractivity contribution >= 4 is 22.4 Å². The Labute approximate surface area is 146 Å². The van der Waals surface area contributed by atoms with Crippen molar-refractivity contribution in [1.29, 1.82) is 0 Å². The molecule has 0 spiro atoms. The minimum absolute atomic E-state index is 0. The molecule has 0 amide bonds. The molecule has 0 radical (unpaired) electrons. The summed E-state index contributed by atoms with van der Waals surface area (Å²) in [5.41, 5.74) is 2.40. The van der Waals surface area contributed by atoms with Gasteiger partial charge in [0.2, 0.25) is 10.0 Å². The van der Waals surface area contributed by atoms with Gasteiger partial charge in [-0.25, -0.2) is 13.1 Å². The van der Waals surface area contributed by atoms with Crippen LogP contribution in [-0.2, 0) is 22.9 Å². The molecule has 1 aliphatic rings. The van der Waals surface area contributed by atoms with E-state index in [2.05, 4.69) is 30.8 Å². The molecule has 0 aromatic heterocycles. The molecule has 23 heavy (non-hydrogen) atoms. The highest BCUT2D eigenvalue weighted by Gasteiger charge is 2.28. The molecule has 2 N–H and O–H groups in total. The lowest BCUT2D eigenvalue weighted by Crippen LogP contribution is -2.42. The maximum atomic E-state index is 12.6. The van der Waals surface area contributed by atoms with Crippen LogP contribution in [0.5, 0.6) is 0 Å². The molecule has 4 nitrogen and oxygen atoms in total. The van der Waals surface area contributed by atoms with Crippen molar-refractivity contribution in [3.8, 4) is 0 Å². The average molecular weight is 361 g/mol. The van der Waals surface area contributed by atoms with Crippen LogP contribution in [0.15, 0.2) is 23.1 Å². The smallest absolute Gasteiger partial charge is 0.240 e. The Bertz CT molecular complexity index is 611. The first-order valence-corrected chi connectivity index (χ1v) is 9.71. The van der Waals surface area contributed by atoms with E-state index in [1.165, 1.54) is 5.56 Å². The highest BCUT2D eigenvalue weighted by atomic mass is 35.5. The highest BCUT2D eigenvalue weighted by molar-refractivity contribution is 7.89. The third-order valence-electron chi connectivity index (χ3n) is 4.75. The highest BCUT2D eigenvalue weighted by Crippen LogP contribution is 2.27. The van der Waals surface area contributed by atoms with Gasteiger partial charge in [-0.2, -0.15) is 0 Å². The van der Waals surface area contributed by atoms with Crippen LogP contribution in [0.1, 0.15) is 44.7 Å². The van der Waals surface area contributed by atoms with Crippen molar-refractivity contribution in [3.63, 3.8) is 0 Å². The van der Waals surface area contributed by atoms with Crippen LogP contribution in [-0.4, -0.2) is 28.1 Å². The number of nitrogens with one attached hydrogen (secondary N) is 2. The number of piperidine rings is 1. The fraction of sp³-hybridized carbons (Fsp3) is 0.647. The summed E-state index contributed by atoms with van der Waals surface area (Å²) in [6, 6.07) is 5.50. The standard InChI is InChI=1S/C17H28N2O2S.ClH/c1-4-14-6-7-16(12-15(14)5-2)22(20,21)19-13-17(3)8-10-18-11-9-17;/h6-7,12,18-19H,4-5,8-11,13H2,1-3H3;1H. The second-order valence-corrected chi connectivity index (χ2v) is 8.29. The first-order valence-electron chi connectivity index (χ1n) is 8.22. The molecule has 1 fully saturated rings. The zero-order valence-corrected chi connectivity index (χ0v) is 15.9. The van der Waals surface area contributed by atoms with Gasteiger partial charge in [-0.05, 0) is 67.4 Å². The van der Waals surface area contributed by atoms with E-state index in [0.29, 0.717) is 11.4 Å². The summed E-state index contributed by atoms with van der Waals surface area (Å²) in [6.45, 7) is 8.75. The number of benzene rings is 1. The van der Waals surface area contributed by atoms with Crippen LogP contribution in [0.3, 0.4) is 0 Å². The third-order valence-corrected chi connectivity index (χ3v) is 6.15. The van der Waals surface area contributed by atoms with Crippen LogP contribution in [0, 0.1) is 5.41 Å².